The minimum Gasteiger partial charge on any atom is -0.397 e. The molecule has 1 aliphatic heterocycles. The number of imide groups is 1. The smallest absolute Gasteiger partial charge is 0.270 e. The van der Waals surface area contributed by atoms with Gasteiger partial charge in [0.05, 0.1) is 32.9 Å². The molecule has 1 aliphatic rings. The molecule has 13 heteroatoms. The number of fused-ring (bicyclic) bond motifs is 2. The lowest BCUT2D eigenvalue weighted by atomic mass is 10.1. The van der Waals surface area contributed by atoms with E-state index in [-0.39, 0.29) is 17.5 Å². The Bertz CT molecular complexity index is 1550. The Hall–Kier alpha value is -5.04. The quantitative estimate of drug-likeness (QED) is 0.0643. The SMILES string of the molecule is CC=O.CNc1cc(N(C)CCCCN2C(=O)c3ccccc3C2=O)ccc1N.Nc1snc2ccc([N+](=O)[O-])cc12. The van der Waals surface area contributed by atoms with Crippen molar-refractivity contribution in [2.75, 3.05) is 48.9 Å². The van der Waals surface area contributed by atoms with E-state index in [1.54, 1.807) is 30.3 Å². The van der Waals surface area contributed by atoms with Gasteiger partial charge in [0.2, 0.25) is 0 Å². The van der Waals surface area contributed by atoms with Gasteiger partial charge in [0.25, 0.3) is 17.5 Å². The number of carbonyl (C=O) groups is 3. The lowest BCUT2D eigenvalue weighted by molar-refractivity contribution is -0.384. The van der Waals surface area contributed by atoms with Crippen LogP contribution in [-0.2, 0) is 4.79 Å². The van der Waals surface area contributed by atoms with Crippen LogP contribution in [0.1, 0.15) is 40.5 Å². The third-order valence-corrected chi connectivity index (χ3v) is 7.15. The summed E-state index contributed by atoms with van der Waals surface area (Å²) < 4.78 is 4.01. The van der Waals surface area contributed by atoms with E-state index < -0.39 is 4.92 Å². The first-order valence-corrected chi connectivity index (χ1v) is 13.8. The number of hydrogen-bond acceptors (Lipinski definition) is 11. The molecular weight excluding hydrogens is 558 g/mol. The molecule has 0 bridgehead atoms. The zero-order valence-electron chi connectivity index (χ0n) is 23.6. The molecule has 1 aromatic heterocycles. The molecule has 2 amide bonds. The highest BCUT2D eigenvalue weighted by molar-refractivity contribution is 7.11. The lowest BCUT2D eigenvalue weighted by Crippen LogP contribution is -2.31. The van der Waals surface area contributed by atoms with E-state index in [0.717, 1.165) is 54.3 Å². The van der Waals surface area contributed by atoms with Crippen LogP contribution in [0.5, 0.6) is 0 Å². The summed E-state index contributed by atoms with van der Waals surface area (Å²) in [4.78, 5) is 46.9. The number of benzene rings is 3. The van der Waals surface area contributed by atoms with Crippen LogP contribution in [0.15, 0.2) is 60.7 Å². The van der Waals surface area contributed by atoms with Crippen LogP contribution in [-0.4, -0.2) is 59.5 Å². The van der Waals surface area contributed by atoms with Crippen LogP contribution in [0.25, 0.3) is 10.9 Å². The summed E-state index contributed by atoms with van der Waals surface area (Å²) in [5.74, 6) is -0.368. The molecular formula is C29H33N7O5S. The number of unbranched alkanes of at least 4 members (excludes halogenated alkanes) is 1. The van der Waals surface area contributed by atoms with Gasteiger partial charge in [0.1, 0.15) is 11.3 Å². The summed E-state index contributed by atoms with van der Waals surface area (Å²) in [5, 5.41) is 14.7. The number of rotatable bonds is 8. The predicted octanol–water partition coefficient (Wildman–Crippen LogP) is 4.82. The van der Waals surface area contributed by atoms with Crippen molar-refractivity contribution >= 4 is 68.3 Å². The van der Waals surface area contributed by atoms with Crippen LogP contribution in [0, 0.1) is 10.1 Å². The first kappa shape index (κ1) is 31.5. The summed E-state index contributed by atoms with van der Waals surface area (Å²) in [6.07, 6.45) is 2.40. The van der Waals surface area contributed by atoms with E-state index >= 15 is 0 Å². The molecule has 42 heavy (non-hydrogen) atoms. The third kappa shape index (κ3) is 7.37. The van der Waals surface area contributed by atoms with Gasteiger partial charge in [-0.1, -0.05) is 12.1 Å². The van der Waals surface area contributed by atoms with E-state index in [1.165, 1.54) is 24.0 Å². The normalized spacial score (nSPS) is 11.6. The second kappa shape index (κ2) is 14.6. The Morgan fingerprint density at radius 1 is 1.05 bits per heavy atom. The first-order valence-electron chi connectivity index (χ1n) is 13.1. The summed E-state index contributed by atoms with van der Waals surface area (Å²) >= 11 is 1.14. The molecule has 0 atom stereocenters. The van der Waals surface area contributed by atoms with Crippen molar-refractivity contribution in [3.8, 4) is 0 Å². The van der Waals surface area contributed by atoms with Crippen molar-refractivity contribution in [2.45, 2.75) is 19.8 Å². The predicted molar refractivity (Wildman–Crippen MR) is 167 cm³/mol. The zero-order chi connectivity index (χ0) is 30.8. The molecule has 0 saturated carbocycles. The van der Waals surface area contributed by atoms with E-state index in [9.17, 15) is 19.7 Å². The van der Waals surface area contributed by atoms with Crippen molar-refractivity contribution in [1.29, 1.82) is 0 Å². The number of aromatic nitrogens is 1. The van der Waals surface area contributed by atoms with E-state index in [1.807, 2.05) is 32.3 Å². The Morgan fingerprint density at radius 2 is 1.69 bits per heavy atom. The summed E-state index contributed by atoms with van der Waals surface area (Å²) in [5.41, 5.74) is 15.9. The van der Waals surface area contributed by atoms with Crippen LogP contribution in [0.3, 0.4) is 0 Å². The minimum absolute atomic E-state index is 0.0411. The standard InChI is InChI=1S/C20H24N4O2.C7H5N3O2S.C2H4O/c1-22-18-13-14(9-10-17(18)21)23(2)11-5-6-12-24-19(25)15-7-3-4-8-16(15)20(24)26;8-7-5-3-4(10(11)12)1-2-6(5)9-13-7;1-2-3/h3-4,7-10,13,22H,5-6,11-12,21H2,1-2H3;1-3H,8H2;2H,1H3. The molecule has 5 rings (SSSR count). The van der Waals surface area contributed by atoms with Gasteiger partial charge in [0, 0.05) is 50.4 Å². The molecule has 2 heterocycles. The van der Waals surface area contributed by atoms with Gasteiger partial charge in [-0.05, 0) is 67.7 Å². The number of non-ortho nitro benzene ring substituents is 1. The number of nitro benzene ring substituents is 1. The average Bonchev–Trinajstić information content (AvgIpc) is 3.48. The van der Waals surface area contributed by atoms with Crippen LogP contribution in [0.2, 0.25) is 0 Å². The lowest BCUT2D eigenvalue weighted by Gasteiger charge is -2.21. The Kier molecular flexibility index (Phi) is 10.9. The average molecular weight is 592 g/mol. The van der Waals surface area contributed by atoms with Gasteiger partial charge in [-0.25, -0.2) is 0 Å². The topological polar surface area (TPSA) is 178 Å². The molecule has 0 saturated heterocycles. The molecule has 0 unspecified atom stereocenters. The fraction of sp³-hybridized carbons (Fsp3) is 0.241. The summed E-state index contributed by atoms with van der Waals surface area (Å²) in [7, 11) is 3.87. The van der Waals surface area contributed by atoms with Crippen molar-refractivity contribution in [2.24, 2.45) is 0 Å². The molecule has 12 nitrogen and oxygen atoms in total. The fourth-order valence-corrected chi connectivity index (χ4v) is 4.87. The molecule has 0 aliphatic carbocycles. The van der Waals surface area contributed by atoms with Gasteiger partial charge < -0.3 is 26.5 Å². The number of nitrogens with one attached hydrogen (secondary N) is 1. The first-order chi connectivity index (χ1) is 20.1. The van der Waals surface area contributed by atoms with E-state index in [2.05, 4.69) is 14.6 Å². The molecule has 3 aromatic carbocycles. The van der Waals surface area contributed by atoms with Gasteiger partial charge in [-0.3, -0.25) is 24.6 Å². The largest absolute Gasteiger partial charge is 0.397 e. The molecule has 0 fully saturated rings. The fourth-order valence-electron chi connectivity index (χ4n) is 4.25. The second-order valence-electron chi connectivity index (χ2n) is 9.20. The second-order valence-corrected chi connectivity index (χ2v) is 10.0. The van der Waals surface area contributed by atoms with E-state index in [0.29, 0.717) is 33.6 Å². The van der Waals surface area contributed by atoms with Crippen molar-refractivity contribution in [1.82, 2.24) is 9.27 Å². The Labute approximate surface area is 247 Å². The summed E-state index contributed by atoms with van der Waals surface area (Å²) in [6.45, 7) is 2.72. The molecule has 0 spiro atoms. The van der Waals surface area contributed by atoms with Gasteiger partial charge in [0.15, 0.2) is 0 Å². The molecule has 4 aromatic rings. The number of aldehydes is 1. The van der Waals surface area contributed by atoms with Crippen molar-refractivity contribution in [3.63, 3.8) is 0 Å². The van der Waals surface area contributed by atoms with Crippen molar-refractivity contribution in [3.05, 3.63) is 81.9 Å². The van der Waals surface area contributed by atoms with Crippen LogP contribution >= 0.6 is 11.5 Å². The highest BCUT2D eigenvalue weighted by Gasteiger charge is 2.34. The van der Waals surface area contributed by atoms with Crippen molar-refractivity contribution < 1.29 is 19.3 Å². The number of nitrogens with zero attached hydrogens (tertiary/aromatic N) is 4. The Morgan fingerprint density at radius 3 is 2.29 bits per heavy atom. The number of carbonyl (C=O) groups excluding carboxylic acids is 3. The number of anilines is 4. The third-order valence-electron chi connectivity index (χ3n) is 6.45. The maximum absolute atomic E-state index is 12.3. The zero-order valence-corrected chi connectivity index (χ0v) is 24.4. The van der Waals surface area contributed by atoms with Crippen LogP contribution in [0.4, 0.5) is 27.8 Å². The minimum atomic E-state index is -0.448. The number of amides is 2. The molecule has 0 radical (unpaired) electrons. The number of hydrogen-bond donors (Lipinski definition) is 3. The maximum atomic E-state index is 12.3. The van der Waals surface area contributed by atoms with Gasteiger partial charge in [-0.2, -0.15) is 4.37 Å². The van der Waals surface area contributed by atoms with Crippen LogP contribution < -0.4 is 21.7 Å². The monoisotopic (exact) mass is 591 g/mol. The highest BCUT2D eigenvalue weighted by atomic mass is 32.1. The number of nitrogen functional groups attached to an aromatic ring is 2. The number of nitrogens with two attached hydrogens (primary N) is 2. The molecule has 220 valence electrons. The number of nitro groups is 1. The van der Waals surface area contributed by atoms with E-state index in [4.69, 9.17) is 16.3 Å². The summed E-state index contributed by atoms with van der Waals surface area (Å²) in [6, 6.07) is 17.3. The van der Waals surface area contributed by atoms with Gasteiger partial charge >= 0.3 is 0 Å². The van der Waals surface area contributed by atoms with Gasteiger partial charge in [-0.15, -0.1) is 0 Å². The maximum Gasteiger partial charge on any atom is 0.270 e. The highest BCUT2D eigenvalue weighted by Crippen LogP contribution is 2.28. The molecule has 5 N–H and O–H groups in total. The Balaban J connectivity index is 0.000000251.